The smallest absolute Gasteiger partial charge is 0.415 e. The predicted octanol–water partition coefficient (Wildman–Crippen LogP) is 5.18. The highest BCUT2D eigenvalue weighted by molar-refractivity contribution is 9.10. The molecule has 1 aliphatic heterocycles. The van der Waals surface area contributed by atoms with Gasteiger partial charge in [-0.3, -0.25) is 4.90 Å². The largest absolute Gasteiger partial charge is 0.497 e. The second-order valence-corrected chi connectivity index (χ2v) is 8.15. The molecule has 4 rings (SSSR count). The van der Waals surface area contributed by atoms with Gasteiger partial charge in [0.2, 0.25) is 0 Å². The Hall–Kier alpha value is -3.87. The molecule has 0 fully saturated rings. The number of anilines is 3. The zero-order valence-electron chi connectivity index (χ0n) is 18.0. The molecular weight excluding hydrogens is 535 g/mol. The number of nitrogens with zero attached hydrogens (tertiary/aromatic N) is 4. The highest BCUT2D eigenvalue weighted by Crippen LogP contribution is 2.37. The third-order valence-electron chi connectivity index (χ3n) is 4.87. The number of alkyl halides is 3. The molecule has 0 spiro atoms. The van der Waals surface area contributed by atoms with Crippen LogP contribution >= 0.6 is 15.9 Å². The van der Waals surface area contributed by atoms with Gasteiger partial charge in [-0.05, 0) is 48.5 Å². The van der Waals surface area contributed by atoms with Crippen molar-refractivity contribution in [3.63, 3.8) is 0 Å². The van der Waals surface area contributed by atoms with Crippen molar-refractivity contribution in [2.45, 2.75) is 12.7 Å². The van der Waals surface area contributed by atoms with Crippen LogP contribution in [0.4, 0.5) is 40.0 Å². The molecule has 1 aromatic heterocycles. The first kappa shape index (κ1) is 24.3. The molecule has 0 saturated carbocycles. The highest BCUT2D eigenvalue weighted by Gasteiger charge is 2.35. The van der Waals surface area contributed by atoms with Gasteiger partial charge in [-0.25, -0.2) is 19.5 Å². The third-order valence-corrected chi connectivity index (χ3v) is 5.40. The van der Waals surface area contributed by atoms with E-state index < -0.39 is 30.9 Å². The molecule has 35 heavy (non-hydrogen) atoms. The number of rotatable bonds is 5. The Balaban J connectivity index is 1.68. The molecule has 0 atom stereocenters. The Kier molecular flexibility index (Phi) is 6.78. The van der Waals surface area contributed by atoms with Crippen molar-refractivity contribution in [1.29, 1.82) is 0 Å². The van der Waals surface area contributed by atoms with Gasteiger partial charge >= 0.3 is 24.3 Å². The summed E-state index contributed by atoms with van der Waals surface area (Å²) in [6.45, 7) is -1.47. The molecule has 1 N–H and O–H groups in total. The summed E-state index contributed by atoms with van der Waals surface area (Å²) in [6.07, 6.45) is -4.63. The standard InChI is InChI=1S/C22H17BrF3N5O4/c1-34-17-8-6-15(7-9-17)30-11-13-10-27-19(35-20(32)28-12-22(24,25)26)29-18(13)31(21(30)33)16-4-2-14(23)3-5-16/h2-10H,11-12H2,1H3,(H,28,32). The molecule has 2 aromatic carbocycles. The molecular formula is C22H17BrF3N5O4. The van der Waals surface area contributed by atoms with Crippen LogP contribution < -0.4 is 24.6 Å². The Morgan fingerprint density at radius 1 is 1.11 bits per heavy atom. The van der Waals surface area contributed by atoms with E-state index in [4.69, 9.17) is 9.47 Å². The van der Waals surface area contributed by atoms with Crippen molar-refractivity contribution < 1.29 is 32.2 Å². The third kappa shape index (κ3) is 5.62. The lowest BCUT2D eigenvalue weighted by molar-refractivity contribution is -0.123. The topological polar surface area (TPSA) is 96.9 Å². The Morgan fingerprint density at radius 3 is 2.40 bits per heavy atom. The van der Waals surface area contributed by atoms with E-state index in [1.807, 2.05) is 0 Å². The lowest BCUT2D eigenvalue weighted by Gasteiger charge is -2.36. The average Bonchev–Trinajstić information content (AvgIpc) is 2.83. The van der Waals surface area contributed by atoms with Crippen LogP contribution in [0.5, 0.6) is 11.8 Å². The van der Waals surface area contributed by atoms with Crippen LogP contribution in [0.1, 0.15) is 5.56 Å². The minimum atomic E-state index is -4.61. The van der Waals surface area contributed by atoms with E-state index in [1.165, 1.54) is 23.1 Å². The van der Waals surface area contributed by atoms with Crippen molar-refractivity contribution in [2.75, 3.05) is 23.5 Å². The van der Waals surface area contributed by atoms with Gasteiger partial charge in [0.15, 0.2) is 5.82 Å². The molecule has 1 aliphatic rings. The number of hydrogen-bond donors (Lipinski definition) is 1. The van der Waals surface area contributed by atoms with Crippen LogP contribution in [0.25, 0.3) is 0 Å². The van der Waals surface area contributed by atoms with Crippen molar-refractivity contribution in [1.82, 2.24) is 15.3 Å². The number of ether oxygens (including phenoxy) is 2. The number of urea groups is 1. The molecule has 0 unspecified atom stereocenters. The predicted molar refractivity (Wildman–Crippen MR) is 123 cm³/mol. The summed E-state index contributed by atoms with van der Waals surface area (Å²) in [7, 11) is 1.53. The monoisotopic (exact) mass is 551 g/mol. The minimum Gasteiger partial charge on any atom is -0.497 e. The molecule has 0 saturated heterocycles. The molecule has 13 heteroatoms. The van der Waals surface area contributed by atoms with E-state index in [0.29, 0.717) is 22.7 Å². The van der Waals surface area contributed by atoms with Gasteiger partial charge in [0.1, 0.15) is 12.3 Å². The van der Waals surface area contributed by atoms with Crippen LogP contribution in [0.2, 0.25) is 0 Å². The van der Waals surface area contributed by atoms with E-state index in [0.717, 1.165) is 4.47 Å². The van der Waals surface area contributed by atoms with Crippen molar-refractivity contribution >= 4 is 45.2 Å². The number of nitrogens with one attached hydrogen (secondary N) is 1. The van der Waals surface area contributed by atoms with Gasteiger partial charge < -0.3 is 14.8 Å². The molecule has 0 radical (unpaired) electrons. The molecule has 0 aliphatic carbocycles. The lowest BCUT2D eigenvalue weighted by atomic mass is 10.1. The minimum absolute atomic E-state index is 0.105. The number of halogens is 4. The lowest BCUT2D eigenvalue weighted by Crippen LogP contribution is -2.45. The Bertz CT molecular complexity index is 1240. The summed E-state index contributed by atoms with van der Waals surface area (Å²) in [5.41, 5.74) is 1.57. The van der Waals surface area contributed by atoms with Gasteiger partial charge in [0, 0.05) is 21.9 Å². The number of amides is 3. The first-order valence-corrected chi connectivity index (χ1v) is 10.8. The van der Waals surface area contributed by atoms with Crippen LogP contribution in [0, 0.1) is 0 Å². The number of carbonyl (C=O) groups is 2. The van der Waals surface area contributed by atoms with Crippen molar-refractivity contribution in [3.8, 4) is 11.8 Å². The van der Waals surface area contributed by atoms with Gasteiger partial charge in [0.25, 0.3) is 0 Å². The number of hydrogen-bond acceptors (Lipinski definition) is 6. The summed E-state index contributed by atoms with van der Waals surface area (Å²) in [6, 6.07) is 12.8. The van der Waals surface area contributed by atoms with Crippen molar-refractivity contribution in [2.24, 2.45) is 0 Å². The average molecular weight is 552 g/mol. The van der Waals surface area contributed by atoms with Gasteiger partial charge in [-0.2, -0.15) is 18.2 Å². The van der Waals surface area contributed by atoms with Gasteiger partial charge in [-0.15, -0.1) is 0 Å². The first-order chi connectivity index (χ1) is 16.6. The molecule has 9 nitrogen and oxygen atoms in total. The van der Waals surface area contributed by atoms with Crippen molar-refractivity contribution in [3.05, 3.63) is 64.8 Å². The molecule has 3 amide bonds. The van der Waals surface area contributed by atoms with E-state index in [1.54, 1.807) is 53.8 Å². The summed E-state index contributed by atoms with van der Waals surface area (Å²) in [5, 5.41) is 1.58. The summed E-state index contributed by atoms with van der Waals surface area (Å²) in [5.74, 6) is 0.757. The van der Waals surface area contributed by atoms with Crippen LogP contribution in [0.3, 0.4) is 0 Å². The second kappa shape index (κ2) is 9.78. The number of aromatic nitrogens is 2. The molecule has 3 aromatic rings. The van der Waals surface area contributed by atoms with Gasteiger partial charge in [-0.1, -0.05) is 15.9 Å². The molecule has 0 bridgehead atoms. The quantitative estimate of drug-likeness (QED) is 0.469. The number of fused-ring (bicyclic) bond motifs is 1. The van der Waals surface area contributed by atoms with E-state index in [-0.39, 0.29) is 12.4 Å². The van der Waals surface area contributed by atoms with Crippen LogP contribution in [-0.2, 0) is 6.54 Å². The fraction of sp³-hybridized carbons (Fsp3) is 0.182. The number of carbonyl (C=O) groups excluding carboxylic acids is 2. The zero-order valence-corrected chi connectivity index (χ0v) is 19.6. The second-order valence-electron chi connectivity index (χ2n) is 7.24. The number of benzene rings is 2. The molecule has 2 heterocycles. The fourth-order valence-corrected chi connectivity index (χ4v) is 3.53. The van der Waals surface area contributed by atoms with Crippen LogP contribution in [-0.4, -0.2) is 41.9 Å². The Morgan fingerprint density at radius 2 is 1.77 bits per heavy atom. The van der Waals surface area contributed by atoms with Gasteiger partial charge in [0.05, 0.1) is 19.3 Å². The summed E-state index contributed by atoms with van der Waals surface area (Å²) < 4.78 is 47.8. The molecule has 182 valence electrons. The van der Waals surface area contributed by atoms with E-state index in [9.17, 15) is 22.8 Å². The zero-order chi connectivity index (χ0) is 25.2. The first-order valence-electron chi connectivity index (χ1n) is 10.0. The highest BCUT2D eigenvalue weighted by atomic mass is 79.9. The summed E-state index contributed by atoms with van der Waals surface area (Å²) in [4.78, 5) is 36.2. The normalized spacial score (nSPS) is 13.3. The number of methoxy groups -OCH3 is 1. The SMILES string of the molecule is COc1ccc(N2Cc3cnc(OC(=O)NCC(F)(F)F)nc3N(c3ccc(Br)cc3)C2=O)cc1. The fourth-order valence-electron chi connectivity index (χ4n) is 3.26. The van der Waals surface area contributed by atoms with E-state index in [2.05, 4.69) is 25.9 Å². The maximum absolute atomic E-state index is 13.6. The maximum atomic E-state index is 13.6. The van der Waals surface area contributed by atoms with Crippen LogP contribution in [0.15, 0.2) is 59.2 Å². The maximum Gasteiger partial charge on any atom is 0.415 e. The van der Waals surface area contributed by atoms with E-state index >= 15 is 0 Å². The Labute approximate surface area is 205 Å². The summed E-state index contributed by atoms with van der Waals surface area (Å²) >= 11 is 3.35.